The van der Waals surface area contributed by atoms with Crippen molar-refractivity contribution in [1.29, 1.82) is 0 Å². The van der Waals surface area contributed by atoms with Crippen LogP contribution in [0.2, 0.25) is 0 Å². The van der Waals surface area contributed by atoms with E-state index in [1.54, 1.807) is 0 Å². The van der Waals surface area contributed by atoms with Gasteiger partial charge in [0.05, 0.1) is 0 Å². The highest BCUT2D eigenvalue weighted by atomic mass is 16.1. The molecule has 1 heteroatoms. The predicted octanol–water partition coefficient (Wildman–Crippen LogP) is 6.66. The molecule has 0 aliphatic heterocycles. The molecule has 0 spiro atoms. The van der Waals surface area contributed by atoms with Gasteiger partial charge in [0.15, 0.2) is 0 Å². The largest absolute Gasteiger partial charge is 0.303 e. The molecule has 0 fully saturated rings. The summed E-state index contributed by atoms with van der Waals surface area (Å²) in [5.41, 5.74) is 5.22. The van der Waals surface area contributed by atoms with E-state index in [1.807, 2.05) is 0 Å². The first kappa shape index (κ1) is 19.4. The minimum absolute atomic E-state index is 0.00830. The molecule has 27 heavy (non-hydrogen) atoms. The molecule has 0 saturated heterocycles. The first-order chi connectivity index (χ1) is 13.1. The van der Waals surface area contributed by atoms with Crippen LogP contribution in [-0.2, 0) is 4.79 Å². The molecule has 1 aromatic carbocycles. The lowest BCUT2D eigenvalue weighted by molar-refractivity contribution is -0.109. The van der Waals surface area contributed by atoms with Gasteiger partial charge in [0.25, 0.3) is 0 Å². The number of carbonyl (C=O) groups excluding carboxylic acids is 1. The van der Waals surface area contributed by atoms with E-state index in [2.05, 4.69) is 93.6 Å². The maximum atomic E-state index is 11.1. The second-order valence-electron chi connectivity index (χ2n) is 7.84. The number of rotatable bonds is 6. The molecule has 0 radical (unpaired) electrons. The summed E-state index contributed by atoms with van der Waals surface area (Å²) in [5.74, 6) is 1.45. The van der Waals surface area contributed by atoms with Crippen molar-refractivity contribution in [3.8, 4) is 0 Å². The third-order valence-electron chi connectivity index (χ3n) is 5.70. The third kappa shape index (κ3) is 4.47. The molecule has 0 bridgehead atoms. The molecule has 3 unspecified atom stereocenters. The van der Waals surface area contributed by atoms with E-state index in [0.717, 1.165) is 24.7 Å². The van der Waals surface area contributed by atoms with Crippen molar-refractivity contribution in [3.63, 3.8) is 0 Å². The quantitative estimate of drug-likeness (QED) is 0.519. The maximum Gasteiger partial charge on any atom is 0.127 e. The van der Waals surface area contributed by atoms with Crippen molar-refractivity contribution >= 4 is 11.9 Å². The van der Waals surface area contributed by atoms with E-state index >= 15 is 0 Å². The van der Waals surface area contributed by atoms with Gasteiger partial charge < -0.3 is 4.79 Å². The fourth-order valence-electron chi connectivity index (χ4n) is 4.26. The van der Waals surface area contributed by atoms with E-state index in [-0.39, 0.29) is 5.92 Å². The SMILES string of the molecule is CCC1=CC=CC=CC1C(c1ccc(C2=CC(C=O)CC=C2)cc1)C(C)C. The summed E-state index contributed by atoms with van der Waals surface area (Å²) < 4.78 is 0. The van der Waals surface area contributed by atoms with E-state index in [0.29, 0.717) is 17.8 Å². The van der Waals surface area contributed by atoms with E-state index in [4.69, 9.17) is 0 Å². The normalized spacial score (nSPS) is 23.0. The van der Waals surface area contributed by atoms with Gasteiger partial charge in [-0.1, -0.05) is 99.2 Å². The monoisotopic (exact) mass is 358 g/mol. The Balaban J connectivity index is 1.90. The predicted molar refractivity (Wildman–Crippen MR) is 115 cm³/mol. The molecule has 0 heterocycles. The second-order valence-corrected chi connectivity index (χ2v) is 7.84. The van der Waals surface area contributed by atoms with Crippen molar-refractivity contribution in [2.24, 2.45) is 17.8 Å². The van der Waals surface area contributed by atoms with Crippen LogP contribution in [0.3, 0.4) is 0 Å². The fourth-order valence-corrected chi connectivity index (χ4v) is 4.26. The molecule has 1 aromatic rings. The van der Waals surface area contributed by atoms with Crippen LogP contribution in [-0.4, -0.2) is 6.29 Å². The second kappa shape index (κ2) is 8.99. The van der Waals surface area contributed by atoms with Gasteiger partial charge in [0.2, 0.25) is 0 Å². The van der Waals surface area contributed by atoms with Crippen LogP contribution < -0.4 is 0 Å². The first-order valence-electron chi connectivity index (χ1n) is 10.1. The summed E-state index contributed by atoms with van der Waals surface area (Å²) in [6.07, 6.45) is 20.3. The fraction of sp³-hybridized carbons (Fsp3) is 0.346. The van der Waals surface area contributed by atoms with Crippen LogP contribution in [0.5, 0.6) is 0 Å². The highest BCUT2D eigenvalue weighted by Crippen LogP contribution is 2.39. The van der Waals surface area contributed by atoms with Crippen molar-refractivity contribution < 1.29 is 4.79 Å². The smallest absolute Gasteiger partial charge is 0.127 e. The molecule has 0 amide bonds. The van der Waals surface area contributed by atoms with Crippen LogP contribution in [0, 0.1) is 17.8 Å². The van der Waals surface area contributed by atoms with Gasteiger partial charge in [0.1, 0.15) is 6.29 Å². The van der Waals surface area contributed by atoms with Crippen molar-refractivity contribution in [3.05, 3.63) is 89.6 Å². The first-order valence-corrected chi connectivity index (χ1v) is 10.1. The standard InChI is InChI=1S/C26H30O/c1-4-21-10-6-5-7-12-25(21)26(19(2)3)23-15-13-22(14-16-23)24-11-8-9-20(17-24)18-27/h5-8,10-20,25-26H,4,9H2,1-3H3. The molecule has 3 atom stereocenters. The molecule has 3 rings (SSSR count). The molecule has 2 aliphatic carbocycles. The van der Waals surface area contributed by atoms with Crippen molar-refractivity contribution in [2.75, 3.05) is 0 Å². The summed E-state index contributed by atoms with van der Waals surface area (Å²) in [5, 5.41) is 0. The molecule has 2 aliphatic rings. The Morgan fingerprint density at radius 3 is 2.56 bits per heavy atom. The Kier molecular flexibility index (Phi) is 6.45. The third-order valence-corrected chi connectivity index (χ3v) is 5.70. The van der Waals surface area contributed by atoms with Crippen molar-refractivity contribution in [2.45, 2.75) is 39.5 Å². The summed E-state index contributed by atoms with van der Waals surface area (Å²) in [6.45, 7) is 6.88. The summed E-state index contributed by atoms with van der Waals surface area (Å²) in [7, 11) is 0. The average Bonchev–Trinajstić information content (AvgIpc) is 2.94. The molecule has 1 nitrogen and oxygen atoms in total. The number of allylic oxidation sites excluding steroid dienone is 10. The van der Waals surface area contributed by atoms with Crippen LogP contribution in [0.4, 0.5) is 0 Å². The van der Waals surface area contributed by atoms with Crippen molar-refractivity contribution in [1.82, 2.24) is 0 Å². The Morgan fingerprint density at radius 2 is 1.89 bits per heavy atom. The lowest BCUT2D eigenvalue weighted by Crippen LogP contribution is -2.18. The Hall–Kier alpha value is -2.41. The zero-order valence-corrected chi connectivity index (χ0v) is 16.6. The van der Waals surface area contributed by atoms with Crippen LogP contribution in [0.1, 0.15) is 50.7 Å². The van der Waals surface area contributed by atoms with E-state index in [1.165, 1.54) is 16.7 Å². The summed E-state index contributed by atoms with van der Waals surface area (Å²) >= 11 is 0. The number of benzene rings is 1. The van der Waals surface area contributed by atoms with Gasteiger partial charge in [-0.25, -0.2) is 0 Å². The Morgan fingerprint density at radius 1 is 1.11 bits per heavy atom. The highest BCUT2D eigenvalue weighted by Gasteiger charge is 2.27. The highest BCUT2D eigenvalue weighted by molar-refractivity contribution is 5.78. The lowest BCUT2D eigenvalue weighted by atomic mass is 9.74. The van der Waals surface area contributed by atoms with Gasteiger partial charge in [-0.2, -0.15) is 0 Å². The zero-order chi connectivity index (χ0) is 19.2. The minimum atomic E-state index is 0.00830. The Labute approximate surface area is 163 Å². The van der Waals surface area contributed by atoms with Crippen LogP contribution in [0.25, 0.3) is 5.57 Å². The zero-order valence-electron chi connectivity index (χ0n) is 16.6. The van der Waals surface area contributed by atoms with Gasteiger partial charge >= 0.3 is 0 Å². The topological polar surface area (TPSA) is 17.1 Å². The molecule has 0 saturated carbocycles. The maximum absolute atomic E-state index is 11.1. The minimum Gasteiger partial charge on any atom is -0.303 e. The lowest BCUT2D eigenvalue weighted by Gasteiger charge is -2.30. The van der Waals surface area contributed by atoms with Crippen LogP contribution >= 0.6 is 0 Å². The molecular formula is C26H30O. The molecule has 0 aromatic heterocycles. The summed E-state index contributed by atoms with van der Waals surface area (Å²) in [6, 6.07) is 8.97. The number of aldehydes is 1. The number of hydrogen-bond donors (Lipinski definition) is 0. The average molecular weight is 359 g/mol. The Bertz CT molecular complexity index is 799. The molecule has 0 N–H and O–H groups in total. The van der Waals surface area contributed by atoms with E-state index < -0.39 is 0 Å². The van der Waals surface area contributed by atoms with Crippen LogP contribution in [0.15, 0.2) is 78.4 Å². The van der Waals surface area contributed by atoms with Gasteiger partial charge in [-0.15, -0.1) is 0 Å². The number of hydrogen-bond acceptors (Lipinski definition) is 1. The van der Waals surface area contributed by atoms with E-state index in [9.17, 15) is 4.79 Å². The molecule has 140 valence electrons. The van der Waals surface area contributed by atoms with Gasteiger partial charge in [-0.05, 0) is 41.4 Å². The molecular weight excluding hydrogens is 328 g/mol. The van der Waals surface area contributed by atoms with Gasteiger partial charge in [0, 0.05) is 11.8 Å². The summed E-state index contributed by atoms with van der Waals surface area (Å²) in [4.78, 5) is 11.1. The van der Waals surface area contributed by atoms with Gasteiger partial charge in [-0.3, -0.25) is 0 Å². The number of carbonyl (C=O) groups is 1.